The van der Waals surface area contributed by atoms with Crippen molar-refractivity contribution in [1.29, 1.82) is 0 Å². The summed E-state index contributed by atoms with van der Waals surface area (Å²) < 4.78 is 0. The first-order valence-corrected chi connectivity index (χ1v) is 6.39. The number of carbonyl (C=O) groups is 2. The molecule has 0 aromatic heterocycles. The van der Waals surface area contributed by atoms with Crippen molar-refractivity contribution < 1.29 is 14.7 Å². The summed E-state index contributed by atoms with van der Waals surface area (Å²) in [6.07, 6.45) is 2.62. The van der Waals surface area contributed by atoms with Crippen molar-refractivity contribution >= 4 is 19.7 Å². The first kappa shape index (κ1) is 15.0. The van der Waals surface area contributed by atoms with Crippen LogP contribution in [0.1, 0.15) is 19.8 Å². The monoisotopic (exact) mass is 255 g/mol. The highest BCUT2D eigenvalue weighted by Gasteiger charge is 2.50. The molecule has 0 saturated carbocycles. The number of carboxylic acids is 1. The largest absolute Gasteiger partial charge is 0.480 e. The van der Waals surface area contributed by atoms with Gasteiger partial charge in [-0.15, -0.1) is 0 Å². The van der Waals surface area contributed by atoms with Gasteiger partial charge in [-0.25, -0.2) is 0 Å². The van der Waals surface area contributed by atoms with Gasteiger partial charge in [0.15, 0.2) is 0 Å². The third-order valence-corrected chi connectivity index (χ3v) is 3.63. The van der Waals surface area contributed by atoms with Crippen LogP contribution in [0.15, 0.2) is 0 Å². The third kappa shape index (κ3) is 2.84. The second-order valence-corrected chi connectivity index (χ2v) is 5.19. The van der Waals surface area contributed by atoms with Gasteiger partial charge in [-0.1, -0.05) is 12.7 Å². The molecule has 5 N–H and O–H groups in total. The standard InChI is InChI=1S/C11H22BN3O3/c1-7(13)9(16)15-5-8(3-2-4-12)11(14,6-15)10(17)18/h7-8H,2-6,12-14H2,1H3,(H,17,18)/t7-,8-,11-/m0/s1. The molecule has 1 aliphatic heterocycles. The van der Waals surface area contributed by atoms with E-state index in [9.17, 15) is 14.7 Å². The number of likely N-dealkylation sites (tertiary alicyclic amines) is 1. The van der Waals surface area contributed by atoms with Crippen molar-refractivity contribution in [2.45, 2.75) is 37.7 Å². The van der Waals surface area contributed by atoms with Crippen LogP contribution in [0, 0.1) is 5.92 Å². The summed E-state index contributed by atoms with van der Waals surface area (Å²) in [5, 5.41) is 9.29. The van der Waals surface area contributed by atoms with E-state index in [0.717, 1.165) is 19.2 Å². The number of nitrogens with two attached hydrogens (primary N) is 2. The lowest BCUT2D eigenvalue weighted by molar-refractivity contribution is -0.144. The Morgan fingerprint density at radius 1 is 1.61 bits per heavy atom. The Kier molecular flexibility index (Phi) is 4.75. The Balaban J connectivity index is 2.82. The predicted molar refractivity (Wildman–Crippen MR) is 70.9 cm³/mol. The molecule has 0 unspecified atom stereocenters. The van der Waals surface area contributed by atoms with Gasteiger partial charge >= 0.3 is 5.97 Å². The van der Waals surface area contributed by atoms with E-state index in [-0.39, 0.29) is 18.4 Å². The van der Waals surface area contributed by atoms with E-state index in [0.29, 0.717) is 6.54 Å². The summed E-state index contributed by atoms with van der Waals surface area (Å²) in [6.45, 7) is 2.04. The topological polar surface area (TPSA) is 110 Å². The van der Waals surface area contributed by atoms with Gasteiger partial charge in [0.25, 0.3) is 0 Å². The van der Waals surface area contributed by atoms with E-state index in [1.54, 1.807) is 6.92 Å². The van der Waals surface area contributed by atoms with Crippen LogP contribution in [0.3, 0.4) is 0 Å². The van der Waals surface area contributed by atoms with Gasteiger partial charge in [-0.05, 0) is 13.3 Å². The Morgan fingerprint density at radius 2 is 2.22 bits per heavy atom. The molecule has 6 nitrogen and oxygen atoms in total. The zero-order chi connectivity index (χ0) is 13.9. The van der Waals surface area contributed by atoms with E-state index < -0.39 is 17.6 Å². The quantitative estimate of drug-likeness (QED) is 0.513. The zero-order valence-electron chi connectivity index (χ0n) is 11.1. The number of rotatable bonds is 5. The Hall–Kier alpha value is -1.08. The number of aliphatic carboxylic acids is 1. The lowest BCUT2D eigenvalue weighted by Crippen LogP contribution is -2.55. The molecule has 0 bridgehead atoms. The van der Waals surface area contributed by atoms with Crippen molar-refractivity contribution in [2.75, 3.05) is 13.1 Å². The summed E-state index contributed by atoms with van der Waals surface area (Å²) in [5.74, 6) is -1.47. The van der Waals surface area contributed by atoms with E-state index in [1.165, 1.54) is 4.90 Å². The molecule has 0 aromatic rings. The average molecular weight is 255 g/mol. The number of carboxylic acid groups (broad SMARTS) is 1. The second-order valence-electron chi connectivity index (χ2n) is 5.19. The van der Waals surface area contributed by atoms with Crippen LogP contribution in [0.5, 0.6) is 0 Å². The molecule has 18 heavy (non-hydrogen) atoms. The lowest BCUT2D eigenvalue weighted by Gasteiger charge is -2.25. The highest BCUT2D eigenvalue weighted by molar-refractivity contribution is 6.08. The van der Waals surface area contributed by atoms with Gasteiger partial charge in [-0.2, -0.15) is 0 Å². The maximum absolute atomic E-state index is 11.8. The van der Waals surface area contributed by atoms with Gasteiger partial charge in [0, 0.05) is 19.0 Å². The maximum atomic E-state index is 11.8. The summed E-state index contributed by atoms with van der Waals surface area (Å²) in [6, 6.07) is -0.618. The molecule has 102 valence electrons. The Bertz CT molecular complexity index is 337. The van der Waals surface area contributed by atoms with Gasteiger partial charge in [0.05, 0.1) is 6.04 Å². The predicted octanol–water partition coefficient (Wildman–Crippen LogP) is -1.59. The number of hydrogen-bond acceptors (Lipinski definition) is 4. The highest BCUT2D eigenvalue weighted by atomic mass is 16.4. The summed E-state index contributed by atoms with van der Waals surface area (Å²) >= 11 is 0. The van der Waals surface area contributed by atoms with Crippen LogP contribution in [0.25, 0.3) is 0 Å². The fraction of sp³-hybridized carbons (Fsp3) is 0.818. The molecule has 1 fully saturated rings. The molecule has 1 rings (SSSR count). The number of amides is 1. The van der Waals surface area contributed by atoms with Crippen LogP contribution >= 0.6 is 0 Å². The maximum Gasteiger partial charge on any atom is 0.325 e. The highest BCUT2D eigenvalue weighted by Crippen LogP contribution is 2.30. The molecule has 1 aliphatic rings. The van der Waals surface area contributed by atoms with Crippen LogP contribution < -0.4 is 11.5 Å². The first-order valence-electron chi connectivity index (χ1n) is 6.39. The van der Waals surface area contributed by atoms with Crippen molar-refractivity contribution in [2.24, 2.45) is 17.4 Å². The molecular weight excluding hydrogens is 233 g/mol. The second kappa shape index (κ2) is 5.71. The molecule has 7 heteroatoms. The number of hydrogen-bond donors (Lipinski definition) is 3. The zero-order valence-corrected chi connectivity index (χ0v) is 11.1. The SMILES string of the molecule is BCCC[C@H]1CN(C(=O)[C@H](C)N)C[C@@]1(N)C(=O)O. The van der Waals surface area contributed by atoms with E-state index in [4.69, 9.17) is 11.5 Å². The minimum absolute atomic E-state index is 0.0527. The van der Waals surface area contributed by atoms with Crippen molar-refractivity contribution in [3.63, 3.8) is 0 Å². The van der Waals surface area contributed by atoms with E-state index >= 15 is 0 Å². The van der Waals surface area contributed by atoms with Gasteiger partial charge in [-0.3, -0.25) is 9.59 Å². The van der Waals surface area contributed by atoms with Gasteiger partial charge < -0.3 is 21.5 Å². The molecule has 1 saturated heterocycles. The van der Waals surface area contributed by atoms with Crippen molar-refractivity contribution in [3.8, 4) is 0 Å². The van der Waals surface area contributed by atoms with Crippen LogP contribution in [-0.4, -0.2) is 54.4 Å². The van der Waals surface area contributed by atoms with Gasteiger partial charge in [0.1, 0.15) is 13.4 Å². The molecule has 0 aromatic carbocycles. The van der Waals surface area contributed by atoms with Crippen LogP contribution in [0.4, 0.5) is 0 Å². The molecule has 0 aliphatic carbocycles. The van der Waals surface area contributed by atoms with Gasteiger partial charge in [0.2, 0.25) is 5.91 Å². The molecule has 3 atom stereocenters. The number of nitrogens with zero attached hydrogens (tertiary/aromatic N) is 1. The molecular formula is C11H22BN3O3. The fourth-order valence-corrected chi connectivity index (χ4v) is 2.44. The lowest BCUT2D eigenvalue weighted by atomic mass is 9.83. The summed E-state index contributed by atoms with van der Waals surface area (Å²) in [4.78, 5) is 24.7. The summed E-state index contributed by atoms with van der Waals surface area (Å²) in [7, 11) is 2.04. The number of carbonyl (C=O) groups excluding carboxylic acids is 1. The first-order chi connectivity index (χ1) is 8.32. The average Bonchev–Trinajstić information content (AvgIpc) is 2.64. The Labute approximate surface area is 108 Å². The molecule has 1 heterocycles. The van der Waals surface area contributed by atoms with Crippen LogP contribution in [0.2, 0.25) is 6.32 Å². The molecule has 1 amide bonds. The normalized spacial score (nSPS) is 29.3. The van der Waals surface area contributed by atoms with Crippen molar-refractivity contribution in [1.82, 2.24) is 4.90 Å². The molecule has 0 radical (unpaired) electrons. The Morgan fingerprint density at radius 3 is 2.67 bits per heavy atom. The minimum atomic E-state index is -1.33. The van der Waals surface area contributed by atoms with Crippen LogP contribution in [-0.2, 0) is 9.59 Å². The van der Waals surface area contributed by atoms with E-state index in [2.05, 4.69) is 0 Å². The fourth-order valence-electron chi connectivity index (χ4n) is 2.44. The minimum Gasteiger partial charge on any atom is -0.480 e. The molecule has 0 spiro atoms. The smallest absolute Gasteiger partial charge is 0.325 e. The van der Waals surface area contributed by atoms with E-state index in [1.807, 2.05) is 7.85 Å². The van der Waals surface area contributed by atoms with Crippen molar-refractivity contribution in [3.05, 3.63) is 0 Å². The summed E-state index contributed by atoms with van der Waals surface area (Å²) in [5.41, 5.74) is 10.2. The third-order valence-electron chi connectivity index (χ3n) is 3.63.